The fourth-order valence-corrected chi connectivity index (χ4v) is 1.57. The van der Waals surface area contributed by atoms with E-state index in [1.54, 1.807) is 30.5 Å². The number of rotatable bonds is 2. The van der Waals surface area contributed by atoms with E-state index in [1.165, 1.54) is 6.20 Å². The number of nitrogens with two attached hydrogens (primary N) is 1. The zero-order valence-corrected chi connectivity index (χ0v) is 9.66. The fraction of sp³-hybridized carbons (Fsp3) is 0. The van der Waals surface area contributed by atoms with Crippen LogP contribution in [0.15, 0.2) is 36.7 Å². The van der Waals surface area contributed by atoms with E-state index < -0.39 is 0 Å². The van der Waals surface area contributed by atoms with E-state index in [1.807, 2.05) is 0 Å². The maximum atomic E-state index is 5.96. The molecule has 0 aliphatic rings. The molecule has 0 saturated carbocycles. The molecule has 0 aliphatic heterocycles. The Hall–Kier alpha value is -1.45. The molecule has 0 fully saturated rings. The second-order valence-corrected chi connectivity index (χ2v) is 3.97. The van der Waals surface area contributed by atoms with Crippen molar-refractivity contribution in [3.8, 4) is 11.5 Å². The number of halogens is 2. The Bertz CT molecular complexity index is 517. The summed E-state index contributed by atoms with van der Waals surface area (Å²) in [7, 11) is 0. The summed E-state index contributed by atoms with van der Waals surface area (Å²) < 4.78 is 5.51. The molecular formula is C11H8Cl2N2O. The molecule has 0 amide bonds. The van der Waals surface area contributed by atoms with Gasteiger partial charge in [0.1, 0.15) is 11.5 Å². The standard InChI is InChI=1S/C11H8Cl2N2O/c12-7-3-9(6-15-5-7)16-11-2-1-8(14)4-10(11)13/h1-6H,14H2. The molecule has 16 heavy (non-hydrogen) atoms. The van der Waals surface area contributed by atoms with Gasteiger partial charge in [-0.05, 0) is 18.2 Å². The molecule has 1 aromatic carbocycles. The Morgan fingerprint density at radius 3 is 2.62 bits per heavy atom. The molecule has 3 nitrogen and oxygen atoms in total. The molecular weight excluding hydrogens is 247 g/mol. The minimum atomic E-state index is 0.444. The summed E-state index contributed by atoms with van der Waals surface area (Å²) in [5.74, 6) is 1.04. The number of ether oxygens (including phenoxy) is 1. The Balaban J connectivity index is 2.27. The van der Waals surface area contributed by atoms with Crippen molar-refractivity contribution in [3.05, 3.63) is 46.7 Å². The lowest BCUT2D eigenvalue weighted by Crippen LogP contribution is -1.89. The largest absolute Gasteiger partial charge is 0.454 e. The molecule has 82 valence electrons. The van der Waals surface area contributed by atoms with Gasteiger partial charge in [-0.15, -0.1) is 0 Å². The van der Waals surface area contributed by atoms with Gasteiger partial charge in [0, 0.05) is 18.0 Å². The topological polar surface area (TPSA) is 48.1 Å². The first-order chi connectivity index (χ1) is 7.65. The fourth-order valence-electron chi connectivity index (χ4n) is 1.18. The number of hydrogen-bond acceptors (Lipinski definition) is 3. The van der Waals surface area contributed by atoms with E-state index in [2.05, 4.69) is 4.98 Å². The van der Waals surface area contributed by atoms with E-state index in [4.69, 9.17) is 33.7 Å². The van der Waals surface area contributed by atoms with Gasteiger partial charge in [0.25, 0.3) is 0 Å². The molecule has 2 aromatic rings. The summed E-state index contributed by atoms with van der Waals surface area (Å²) in [6.07, 6.45) is 3.08. The minimum absolute atomic E-state index is 0.444. The highest BCUT2D eigenvalue weighted by atomic mass is 35.5. The van der Waals surface area contributed by atoms with E-state index in [0.717, 1.165) is 0 Å². The summed E-state index contributed by atoms with van der Waals surface area (Å²) in [6, 6.07) is 6.67. The molecule has 0 radical (unpaired) electrons. The molecule has 2 rings (SSSR count). The molecule has 0 unspecified atom stereocenters. The lowest BCUT2D eigenvalue weighted by atomic mass is 10.3. The van der Waals surface area contributed by atoms with E-state index in [9.17, 15) is 0 Å². The molecule has 1 heterocycles. The lowest BCUT2D eigenvalue weighted by Gasteiger charge is -2.07. The zero-order valence-electron chi connectivity index (χ0n) is 8.15. The third kappa shape index (κ3) is 2.56. The van der Waals surface area contributed by atoms with Gasteiger partial charge in [0.05, 0.1) is 16.2 Å². The van der Waals surface area contributed by atoms with E-state index in [0.29, 0.717) is 27.2 Å². The van der Waals surface area contributed by atoms with E-state index in [-0.39, 0.29) is 0 Å². The maximum absolute atomic E-state index is 5.96. The minimum Gasteiger partial charge on any atom is -0.454 e. The summed E-state index contributed by atoms with van der Waals surface area (Å²) in [4.78, 5) is 3.90. The van der Waals surface area contributed by atoms with Crippen LogP contribution in [0.25, 0.3) is 0 Å². The van der Waals surface area contributed by atoms with Crippen LogP contribution < -0.4 is 10.5 Å². The van der Waals surface area contributed by atoms with Crippen LogP contribution >= 0.6 is 23.2 Å². The molecule has 0 bridgehead atoms. The molecule has 5 heteroatoms. The number of aromatic nitrogens is 1. The van der Waals surface area contributed by atoms with E-state index >= 15 is 0 Å². The Labute approximate surface area is 103 Å². The molecule has 0 saturated heterocycles. The molecule has 2 N–H and O–H groups in total. The smallest absolute Gasteiger partial charge is 0.147 e. The van der Waals surface area contributed by atoms with Crippen LogP contribution in [0.1, 0.15) is 0 Å². The summed E-state index contributed by atoms with van der Waals surface area (Å²) in [5.41, 5.74) is 6.16. The van der Waals surface area contributed by atoms with Gasteiger partial charge in [-0.25, -0.2) is 0 Å². The molecule has 0 aliphatic carbocycles. The highest BCUT2D eigenvalue weighted by Crippen LogP contribution is 2.31. The van der Waals surface area contributed by atoms with Crippen LogP contribution in [-0.2, 0) is 0 Å². The molecule has 1 aromatic heterocycles. The Kier molecular flexibility index (Phi) is 3.17. The first-order valence-electron chi connectivity index (χ1n) is 4.48. The summed E-state index contributed by atoms with van der Waals surface area (Å²) in [5, 5.41) is 0.948. The van der Waals surface area contributed by atoms with Gasteiger partial charge in [0.2, 0.25) is 0 Å². The van der Waals surface area contributed by atoms with Crippen molar-refractivity contribution < 1.29 is 4.74 Å². The normalized spacial score (nSPS) is 10.1. The quantitative estimate of drug-likeness (QED) is 0.831. The molecule has 0 atom stereocenters. The maximum Gasteiger partial charge on any atom is 0.147 e. The third-order valence-corrected chi connectivity index (χ3v) is 2.37. The zero-order chi connectivity index (χ0) is 11.5. The SMILES string of the molecule is Nc1ccc(Oc2cncc(Cl)c2)c(Cl)c1. The van der Waals surface area contributed by atoms with Crippen molar-refractivity contribution in [2.45, 2.75) is 0 Å². The van der Waals surface area contributed by atoms with Crippen molar-refractivity contribution >= 4 is 28.9 Å². The third-order valence-electron chi connectivity index (χ3n) is 1.86. The molecule has 0 spiro atoms. The van der Waals surface area contributed by atoms with Crippen LogP contribution in [0.5, 0.6) is 11.5 Å². The number of hydrogen-bond donors (Lipinski definition) is 1. The van der Waals surface area contributed by atoms with Crippen molar-refractivity contribution in [2.24, 2.45) is 0 Å². The lowest BCUT2D eigenvalue weighted by molar-refractivity contribution is 0.480. The number of nitrogen functional groups attached to an aromatic ring is 1. The predicted molar refractivity (Wildman–Crippen MR) is 65.2 cm³/mol. The van der Waals surface area contributed by atoms with Crippen LogP contribution in [0.2, 0.25) is 10.0 Å². The monoisotopic (exact) mass is 254 g/mol. The number of pyridine rings is 1. The van der Waals surface area contributed by atoms with Crippen molar-refractivity contribution in [2.75, 3.05) is 5.73 Å². The first kappa shape index (κ1) is 11.0. The van der Waals surface area contributed by atoms with Gasteiger partial charge in [-0.3, -0.25) is 4.98 Å². The first-order valence-corrected chi connectivity index (χ1v) is 5.24. The Morgan fingerprint density at radius 2 is 1.94 bits per heavy atom. The number of anilines is 1. The van der Waals surface area contributed by atoms with Crippen LogP contribution in [0.4, 0.5) is 5.69 Å². The second kappa shape index (κ2) is 4.60. The average molecular weight is 255 g/mol. The van der Waals surface area contributed by atoms with Gasteiger partial charge < -0.3 is 10.5 Å². The highest BCUT2D eigenvalue weighted by Gasteiger charge is 2.04. The summed E-state index contributed by atoms with van der Waals surface area (Å²) in [6.45, 7) is 0. The van der Waals surface area contributed by atoms with Crippen molar-refractivity contribution in [3.63, 3.8) is 0 Å². The van der Waals surface area contributed by atoms with Crippen LogP contribution in [0.3, 0.4) is 0 Å². The number of nitrogens with zero attached hydrogens (tertiary/aromatic N) is 1. The average Bonchev–Trinajstić information content (AvgIpc) is 2.22. The second-order valence-electron chi connectivity index (χ2n) is 3.13. The van der Waals surface area contributed by atoms with Gasteiger partial charge in [-0.2, -0.15) is 0 Å². The van der Waals surface area contributed by atoms with Crippen LogP contribution in [-0.4, -0.2) is 4.98 Å². The summed E-state index contributed by atoms with van der Waals surface area (Å²) >= 11 is 11.7. The Morgan fingerprint density at radius 1 is 1.12 bits per heavy atom. The number of benzene rings is 1. The van der Waals surface area contributed by atoms with Crippen molar-refractivity contribution in [1.82, 2.24) is 4.98 Å². The van der Waals surface area contributed by atoms with Gasteiger partial charge >= 0.3 is 0 Å². The highest BCUT2D eigenvalue weighted by molar-refractivity contribution is 6.32. The van der Waals surface area contributed by atoms with Crippen molar-refractivity contribution in [1.29, 1.82) is 0 Å². The van der Waals surface area contributed by atoms with Gasteiger partial charge in [-0.1, -0.05) is 23.2 Å². The van der Waals surface area contributed by atoms with Crippen LogP contribution in [0, 0.1) is 0 Å². The predicted octanol–water partition coefficient (Wildman–Crippen LogP) is 3.76. The van der Waals surface area contributed by atoms with Gasteiger partial charge in [0.15, 0.2) is 0 Å².